The van der Waals surface area contributed by atoms with Gasteiger partial charge in [0, 0.05) is 0 Å². The minimum atomic E-state index is -4.53. The van der Waals surface area contributed by atoms with E-state index >= 15 is 0 Å². The van der Waals surface area contributed by atoms with Gasteiger partial charge in [0.15, 0.2) is 0 Å². The van der Waals surface area contributed by atoms with Crippen molar-refractivity contribution in [1.82, 2.24) is 0 Å². The lowest BCUT2D eigenvalue weighted by molar-refractivity contribution is -0.137. The molecule has 0 aliphatic heterocycles. The molecule has 0 fully saturated rings. The fourth-order valence-corrected chi connectivity index (χ4v) is 2.09. The maximum Gasteiger partial charge on any atom is 0.417 e. The van der Waals surface area contributed by atoms with E-state index in [-0.39, 0.29) is 28.9 Å². The van der Waals surface area contributed by atoms with Gasteiger partial charge in [-0.1, -0.05) is 24.3 Å². The summed E-state index contributed by atoms with van der Waals surface area (Å²) in [6.45, 7) is 0. The second-order valence-corrected chi connectivity index (χ2v) is 4.50. The summed E-state index contributed by atoms with van der Waals surface area (Å²) < 4.78 is 39.0. The van der Waals surface area contributed by atoms with E-state index in [1.54, 1.807) is 0 Å². The van der Waals surface area contributed by atoms with Crippen LogP contribution in [-0.4, -0.2) is 16.2 Å². The molecule has 2 aromatic carbocycles. The smallest absolute Gasteiger partial charge is 0.417 e. The summed E-state index contributed by atoms with van der Waals surface area (Å²) in [5.41, 5.74) is -0.585. The van der Waals surface area contributed by atoms with Crippen LogP contribution in [0.2, 0.25) is 0 Å². The number of carbonyl (C=O) groups is 1. The van der Waals surface area contributed by atoms with Gasteiger partial charge >= 0.3 is 12.1 Å². The van der Waals surface area contributed by atoms with Gasteiger partial charge < -0.3 is 10.2 Å². The highest BCUT2D eigenvalue weighted by atomic mass is 19.4. The second kappa shape index (κ2) is 5.47. The molecule has 2 rings (SSSR count). The normalized spacial score (nSPS) is 11.4. The van der Waals surface area contributed by atoms with Gasteiger partial charge in [0.25, 0.3) is 0 Å². The fourth-order valence-electron chi connectivity index (χ4n) is 2.09. The number of benzene rings is 2. The van der Waals surface area contributed by atoms with E-state index in [4.69, 9.17) is 5.11 Å². The van der Waals surface area contributed by atoms with Crippen LogP contribution in [0.5, 0.6) is 5.75 Å². The average Bonchev–Trinajstić information content (AvgIpc) is 2.36. The van der Waals surface area contributed by atoms with E-state index in [9.17, 15) is 23.1 Å². The highest BCUT2D eigenvalue weighted by Crippen LogP contribution is 2.38. The predicted octanol–water partition coefficient (Wildman–Crippen LogP) is 3.71. The zero-order valence-electron chi connectivity index (χ0n) is 10.7. The molecule has 0 saturated heterocycles. The summed E-state index contributed by atoms with van der Waals surface area (Å²) in [6.07, 6.45) is -4.91. The third kappa shape index (κ3) is 3.53. The van der Waals surface area contributed by atoms with Crippen LogP contribution in [0.15, 0.2) is 42.5 Å². The van der Waals surface area contributed by atoms with Crippen molar-refractivity contribution in [3.05, 3.63) is 53.6 Å². The molecule has 2 aromatic rings. The van der Waals surface area contributed by atoms with Crippen molar-refractivity contribution in [3.8, 4) is 16.9 Å². The van der Waals surface area contributed by atoms with E-state index in [1.807, 2.05) is 0 Å². The molecule has 0 bridgehead atoms. The molecule has 0 saturated carbocycles. The number of alkyl halides is 3. The summed E-state index contributed by atoms with van der Waals surface area (Å²) in [7, 11) is 0. The Labute approximate surface area is 118 Å². The molecule has 0 aromatic heterocycles. The molecular weight excluding hydrogens is 285 g/mol. The van der Waals surface area contributed by atoms with E-state index in [0.717, 1.165) is 6.07 Å². The molecule has 3 nitrogen and oxygen atoms in total. The van der Waals surface area contributed by atoms with E-state index < -0.39 is 17.7 Å². The topological polar surface area (TPSA) is 57.5 Å². The largest absolute Gasteiger partial charge is 0.508 e. The Balaban J connectivity index is 2.57. The van der Waals surface area contributed by atoms with Gasteiger partial charge in [-0.25, -0.2) is 0 Å². The van der Waals surface area contributed by atoms with Crippen LogP contribution >= 0.6 is 0 Å². The highest BCUT2D eigenvalue weighted by molar-refractivity contribution is 5.74. The molecule has 21 heavy (non-hydrogen) atoms. The van der Waals surface area contributed by atoms with E-state index in [0.29, 0.717) is 0 Å². The zero-order chi connectivity index (χ0) is 15.6. The molecule has 0 aliphatic carbocycles. The molecule has 0 spiro atoms. The summed E-state index contributed by atoms with van der Waals surface area (Å²) in [5.74, 6) is -1.41. The lowest BCUT2D eigenvalue weighted by atomic mass is 9.96. The van der Waals surface area contributed by atoms with Crippen molar-refractivity contribution in [2.75, 3.05) is 0 Å². The fraction of sp³-hybridized carbons (Fsp3) is 0.133. The molecule has 110 valence electrons. The minimum Gasteiger partial charge on any atom is -0.508 e. The standard InChI is InChI=1S/C15H11F3O3/c16-15(17,18)13-4-2-1-3-12(13)10-5-9(7-14(20)21)6-11(19)8-10/h1-6,8,19H,7H2,(H,20,21). The van der Waals surface area contributed by atoms with Crippen molar-refractivity contribution in [2.45, 2.75) is 12.6 Å². The summed E-state index contributed by atoms with van der Waals surface area (Å²) in [5, 5.41) is 18.3. The van der Waals surface area contributed by atoms with Crippen LogP contribution in [0.4, 0.5) is 13.2 Å². The van der Waals surface area contributed by atoms with Gasteiger partial charge in [-0.15, -0.1) is 0 Å². The maximum absolute atomic E-state index is 13.0. The third-order valence-electron chi connectivity index (χ3n) is 2.88. The van der Waals surface area contributed by atoms with Gasteiger partial charge in [0.2, 0.25) is 0 Å². The molecule has 0 radical (unpaired) electrons. The number of carboxylic acids is 1. The molecule has 0 heterocycles. The second-order valence-electron chi connectivity index (χ2n) is 4.50. The minimum absolute atomic E-state index is 0.104. The quantitative estimate of drug-likeness (QED) is 0.908. The molecule has 0 aliphatic rings. The number of hydrogen-bond donors (Lipinski definition) is 2. The van der Waals surface area contributed by atoms with Crippen molar-refractivity contribution < 1.29 is 28.2 Å². The van der Waals surface area contributed by atoms with Gasteiger partial charge in [0.05, 0.1) is 12.0 Å². The number of carboxylic acid groups (broad SMARTS) is 1. The lowest BCUT2D eigenvalue weighted by Crippen LogP contribution is -2.07. The lowest BCUT2D eigenvalue weighted by Gasteiger charge is -2.13. The number of aromatic hydroxyl groups is 1. The number of rotatable bonds is 3. The summed E-state index contributed by atoms with van der Waals surface area (Å²) >= 11 is 0. The monoisotopic (exact) mass is 296 g/mol. The van der Waals surface area contributed by atoms with E-state index in [1.165, 1.54) is 36.4 Å². The SMILES string of the molecule is O=C(O)Cc1cc(O)cc(-c2ccccc2C(F)(F)F)c1. The zero-order valence-corrected chi connectivity index (χ0v) is 10.7. The first-order valence-electron chi connectivity index (χ1n) is 5.98. The first-order valence-corrected chi connectivity index (χ1v) is 5.98. The molecule has 6 heteroatoms. The van der Waals surface area contributed by atoms with E-state index in [2.05, 4.69) is 0 Å². The molecule has 2 N–H and O–H groups in total. The highest BCUT2D eigenvalue weighted by Gasteiger charge is 2.33. The predicted molar refractivity (Wildman–Crippen MR) is 69.9 cm³/mol. The molecular formula is C15H11F3O3. The Morgan fingerprint density at radius 1 is 1.10 bits per heavy atom. The van der Waals surface area contributed by atoms with Crippen LogP contribution < -0.4 is 0 Å². The Morgan fingerprint density at radius 2 is 1.76 bits per heavy atom. The number of phenols is 1. The van der Waals surface area contributed by atoms with Gasteiger partial charge in [-0.05, 0) is 34.9 Å². The average molecular weight is 296 g/mol. The number of phenolic OH excluding ortho intramolecular Hbond substituents is 1. The Morgan fingerprint density at radius 3 is 2.38 bits per heavy atom. The molecule has 0 unspecified atom stereocenters. The van der Waals surface area contributed by atoms with Crippen molar-refractivity contribution in [2.24, 2.45) is 0 Å². The number of hydrogen-bond acceptors (Lipinski definition) is 2. The van der Waals surface area contributed by atoms with Crippen LogP contribution in [0.3, 0.4) is 0 Å². The first-order chi connectivity index (χ1) is 9.77. The Bertz CT molecular complexity index is 678. The van der Waals surface area contributed by atoms with Crippen molar-refractivity contribution >= 4 is 5.97 Å². The van der Waals surface area contributed by atoms with Gasteiger partial charge in [0.1, 0.15) is 5.75 Å². The van der Waals surface area contributed by atoms with Crippen LogP contribution in [0, 0.1) is 0 Å². The summed E-state index contributed by atoms with van der Waals surface area (Å²) in [6, 6.07) is 8.67. The third-order valence-corrected chi connectivity index (χ3v) is 2.88. The number of aliphatic carboxylic acids is 1. The Kier molecular flexibility index (Phi) is 3.88. The van der Waals surface area contributed by atoms with Gasteiger partial charge in [-0.3, -0.25) is 4.79 Å². The molecule has 0 amide bonds. The van der Waals surface area contributed by atoms with Gasteiger partial charge in [-0.2, -0.15) is 13.2 Å². The van der Waals surface area contributed by atoms with Crippen molar-refractivity contribution in [1.29, 1.82) is 0 Å². The van der Waals surface area contributed by atoms with Crippen LogP contribution in [0.25, 0.3) is 11.1 Å². The van der Waals surface area contributed by atoms with Crippen molar-refractivity contribution in [3.63, 3.8) is 0 Å². The maximum atomic E-state index is 13.0. The summed E-state index contributed by atoms with van der Waals surface area (Å²) in [4.78, 5) is 10.7. The first kappa shape index (κ1) is 14.9. The van der Waals surface area contributed by atoms with Crippen LogP contribution in [-0.2, 0) is 17.4 Å². The van der Waals surface area contributed by atoms with Crippen LogP contribution in [0.1, 0.15) is 11.1 Å². The number of halogens is 3. The Hall–Kier alpha value is -2.50. The molecule has 0 atom stereocenters.